The molecule has 0 aliphatic carbocycles. The number of ether oxygens (including phenoxy) is 1. The molecule has 0 aliphatic rings. The molecule has 0 aromatic heterocycles. The lowest BCUT2D eigenvalue weighted by Crippen LogP contribution is -2.22. The van der Waals surface area contributed by atoms with Crippen molar-refractivity contribution >= 4 is 45.1 Å². The minimum Gasteiger partial charge on any atom is -0.452 e. The maximum absolute atomic E-state index is 12.6. The molecule has 2 amide bonds. The largest absolute Gasteiger partial charge is 0.452 e. The highest BCUT2D eigenvalue weighted by atomic mass is 79.9. The van der Waals surface area contributed by atoms with Gasteiger partial charge < -0.3 is 15.4 Å². The molecule has 0 bridgehead atoms. The number of esters is 1. The lowest BCUT2D eigenvalue weighted by molar-refractivity contribution is -0.119. The SMILES string of the molecule is CCCCCCCCCCCC(=O)Nc1ccccc1C(=O)OCC(=O)Nc1cc(C)c(Br)cc1C. The van der Waals surface area contributed by atoms with Crippen molar-refractivity contribution in [2.45, 2.75) is 85.0 Å². The highest BCUT2D eigenvalue weighted by molar-refractivity contribution is 9.10. The summed E-state index contributed by atoms with van der Waals surface area (Å²) in [6.45, 7) is 5.62. The number of rotatable bonds is 15. The van der Waals surface area contributed by atoms with Gasteiger partial charge in [0.15, 0.2) is 6.61 Å². The summed E-state index contributed by atoms with van der Waals surface area (Å²) in [6, 6.07) is 10.5. The zero-order chi connectivity index (χ0) is 26.3. The van der Waals surface area contributed by atoms with E-state index < -0.39 is 18.5 Å². The van der Waals surface area contributed by atoms with Gasteiger partial charge in [-0.3, -0.25) is 9.59 Å². The van der Waals surface area contributed by atoms with Crippen molar-refractivity contribution in [3.8, 4) is 0 Å². The van der Waals surface area contributed by atoms with Gasteiger partial charge in [-0.05, 0) is 55.7 Å². The normalized spacial score (nSPS) is 10.7. The van der Waals surface area contributed by atoms with Gasteiger partial charge in [0.05, 0.1) is 11.3 Å². The van der Waals surface area contributed by atoms with Crippen LogP contribution in [0.25, 0.3) is 0 Å². The standard InChI is InChI=1S/C29H39BrN2O4/c1-4-5-6-7-8-9-10-11-12-17-27(33)31-25-16-14-13-15-23(25)29(35)36-20-28(34)32-26-19-21(2)24(30)18-22(26)3/h13-16,18-19H,4-12,17,20H2,1-3H3,(H,31,33)(H,32,34). The Morgan fingerprint density at radius 2 is 1.39 bits per heavy atom. The van der Waals surface area contributed by atoms with Gasteiger partial charge >= 0.3 is 5.97 Å². The van der Waals surface area contributed by atoms with E-state index in [9.17, 15) is 14.4 Å². The van der Waals surface area contributed by atoms with Crippen LogP contribution in [0, 0.1) is 13.8 Å². The van der Waals surface area contributed by atoms with Crippen molar-refractivity contribution in [2.75, 3.05) is 17.2 Å². The molecule has 36 heavy (non-hydrogen) atoms. The molecule has 0 saturated carbocycles. The van der Waals surface area contributed by atoms with E-state index in [1.807, 2.05) is 26.0 Å². The Morgan fingerprint density at radius 1 is 0.778 bits per heavy atom. The van der Waals surface area contributed by atoms with Crippen molar-refractivity contribution in [1.29, 1.82) is 0 Å². The van der Waals surface area contributed by atoms with Gasteiger partial charge in [-0.2, -0.15) is 0 Å². The van der Waals surface area contributed by atoms with E-state index in [0.717, 1.165) is 34.9 Å². The van der Waals surface area contributed by atoms with Crippen LogP contribution in [-0.2, 0) is 14.3 Å². The molecule has 0 spiro atoms. The third-order valence-corrected chi connectivity index (χ3v) is 6.90. The predicted molar refractivity (Wildman–Crippen MR) is 149 cm³/mol. The van der Waals surface area contributed by atoms with Crippen LogP contribution in [0.1, 0.15) is 92.6 Å². The van der Waals surface area contributed by atoms with Gasteiger partial charge in [0.1, 0.15) is 0 Å². The number of halogens is 1. The average molecular weight is 560 g/mol. The molecule has 0 fully saturated rings. The van der Waals surface area contributed by atoms with Crippen LogP contribution >= 0.6 is 15.9 Å². The zero-order valence-electron chi connectivity index (χ0n) is 21.8. The number of amides is 2. The number of unbranched alkanes of at least 4 members (excludes halogenated alkanes) is 8. The van der Waals surface area contributed by atoms with Crippen molar-refractivity contribution in [3.63, 3.8) is 0 Å². The number of para-hydroxylation sites is 1. The number of carbonyl (C=O) groups is 3. The lowest BCUT2D eigenvalue weighted by atomic mass is 10.1. The van der Waals surface area contributed by atoms with Gasteiger partial charge in [-0.1, -0.05) is 86.4 Å². The minimum absolute atomic E-state index is 0.128. The quantitative estimate of drug-likeness (QED) is 0.173. The summed E-state index contributed by atoms with van der Waals surface area (Å²) in [5, 5.41) is 5.59. The zero-order valence-corrected chi connectivity index (χ0v) is 23.3. The Labute approximate surface area is 223 Å². The Hall–Kier alpha value is -2.67. The first-order chi connectivity index (χ1) is 17.3. The highest BCUT2D eigenvalue weighted by Crippen LogP contribution is 2.24. The summed E-state index contributed by atoms with van der Waals surface area (Å²) in [7, 11) is 0. The first-order valence-corrected chi connectivity index (χ1v) is 13.7. The van der Waals surface area contributed by atoms with E-state index in [0.29, 0.717) is 17.8 Å². The van der Waals surface area contributed by atoms with Crippen molar-refractivity contribution in [2.24, 2.45) is 0 Å². The van der Waals surface area contributed by atoms with Crippen LogP contribution < -0.4 is 10.6 Å². The van der Waals surface area contributed by atoms with Crippen LogP contribution in [0.2, 0.25) is 0 Å². The van der Waals surface area contributed by atoms with Gasteiger partial charge in [0, 0.05) is 16.6 Å². The molecular weight excluding hydrogens is 520 g/mol. The summed E-state index contributed by atoms with van der Waals surface area (Å²) >= 11 is 3.47. The first-order valence-electron chi connectivity index (χ1n) is 12.9. The summed E-state index contributed by atoms with van der Waals surface area (Å²) in [4.78, 5) is 37.4. The van der Waals surface area contributed by atoms with Crippen LogP contribution in [-0.4, -0.2) is 24.4 Å². The fourth-order valence-corrected chi connectivity index (χ4v) is 4.35. The topological polar surface area (TPSA) is 84.5 Å². The highest BCUT2D eigenvalue weighted by Gasteiger charge is 2.16. The van der Waals surface area contributed by atoms with Gasteiger partial charge in [-0.25, -0.2) is 4.79 Å². The Kier molecular flexibility index (Phi) is 13.3. The molecule has 0 unspecified atom stereocenters. The van der Waals surface area contributed by atoms with Gasteiger partial charge in [-0.15, -0.1) is 0 Å². The maximum atomic E-state index is 12.6. The first kappa shape index (κ1) is 29.6. The molecule has 2 aromatic carbocycles. The Morgan fingerprint density at radius 3 is 2.08 bits per heavy atom. The fraction of sp³-hybridized carbons (Fsp3) is 0.483. The van der Waals surface area contributed by atoms with E-state index >= 15 is 0 Å². The number of hydrogen-bond acceptors (Lipinski definition) is 4. The Balaban J connectivity index is 1.77. The molecule has 7 heteroatoms. The molecule has 6 nitrogen and oxygen atoms in total. The van der Waals surface area contributed by atoms with E-state index in [1.165, 1.54) is 38.5 Å². The molecule has 0 heterocycles. The van der Waals surface area contributed by atoms with Gasteiger partial charge in [0.25, 0.3) is 5.91 Å². The van der Waals surface area contributed by atoms with E-state index in [2.05, 4.69) is 33.5 Å². The number of hydrogen-bond donors (Lipinski definition) is 2. The van der Waals surface area contributed by atoms with E-state index in [1.54, 1.807) is 24.3 Å². The fourth-order valence-electron chi connectivity index (χ4n) is 3.89. The van der Waals surface area contributed by atoms with Gasteiger partial charge in [0.2, 0.25) is 5.91 Å². The summed E-state index contributed by atoms with van der Waals surface area (Å²) in [5.74, 6) is -1.22. The molecular formula is C29H39BrN2O4. The number of nitrogens with one attached hydrogen (secondary N) is 2. The molecule has 2 aromatic rings. The molecule has 2 rings (SSSR count). The third kappa shape index (κ3) is 10.5. The number of carbonyl (C=O) groups excluding carboxylic acids is 3. The molecule has 2 N–H and O–H groups in total. The van der Waals surface area contributed by atoms with Crippen LogP contribution in [0.5, 0.6) is 0 Å². The van der Waals surface area contributed by atoms with Crippen LogP contribution in [0.3, 0.4) is 0 Å². The number of aryl methyl sites for hydroxylation is 2. The number of benzene rings is 2. The second kappa shape index (κ2) is 16.1. The summed E-state index contributed by atoms with van der Waals surface area (Å²) in [5.41, 5.74) is 3.16. The molecule has 196 valence electrons. The minimum atomic E-state index is -0.659. The molecule has 0 radical (unpaired) electrons. The summed E-state index contributed by atoms with van der Waals surface area (Å²) in [6.07, 6.45) is 11.1. The van der Waals surface area contributed by atoms with Crippen LogP contribution in [0.15, 0.2) is 40.9 Å². The lowest BCUT2D eigenvalue weighted by Gasteiger charge is -2.12. The van der Waals surface area contributed by atoms with Crippen molar-refractivity contribution < 1.29 is 19.1 Å². The smallest absolute Gasteiger partial charge is 0.340 e. The van der Waals surface area contributed by atoms with Crippen LogP contribution in [0.4, 0.5) is 11.4 Å². The Bertz CT molecular complexity index is 1020. The molecule has 0 saturated heterocycles. The third-order valence-electron chi connectivity index (χ3n) is 6.04. The second-order valence-corrected chi connectivity index (χ2v) is 10.1. The van der Waals surface area contributed by atoms with Crippen molar-refractivity contribution in [1.82, 2.24) is 0 Å². The van der Waals surface area contributed by atoms with E-state index in [-0.39, 0.29) is 11.5 Å². The summed E-state index contributed by atoms with van der Waals surface area (Å²) < 4.78 is 6.19. The number of anilines is 2. The average Bonchev–Trinajstić information content (AvgIpc) is 2.85. The monoisotopic (exact) mass is 558 g/mol. The second-order valence-electron chi connectivity index (χ2n) is 9.21. The maximum Gasteiger partial charge on any atom is 0.340 e. The van der Waals surface area contributed by atoms with E-state index in [4.69, 9.17) is 4.74 Å². The predicted octanol–water partition coefficient (Wildman–Crippen LogP) is 7.72. The molecule has 0 aliphatic heterocycles. The molecule has 0 atom stereocenters. The van der Waals surface area contributed by atoms with Crippen molar-refractivity contribution in [3.05, 3.63) is 57.6 Å².